The van der Waals surface area contributed by atoms with Gasteiger partial charge in [0, 0.05) is 20.0 Å². The Bertz CT molecular complexity index is 208. The Labute approximate surface area is 100 Å². The SMILES string of the molecule is CC(CN)CN(C)C(=O)CCCC(C)(C)C. The number of rotatable bonds is 6. The number of amides is 1. The molecule has 0 spiro atoms. The van der Waals surface area contributed by atoms with Gasteiger partial charge < -0.3 is 10.6 Å². The summed E-state index contributed by atoms with van der Waals surface area (Å²) >= 11 is 0. The molecule has 0 heterocycles. The van der Waals surface area contributed by atoms with Gasteiger partial charge in [0.05, 0.1) is 0 Å². The fraction of sp³-hybridized carbons (Fsp3) is 0.923. The summed E-state index contributed by atoms with van der Waals surface area (Å²) in [7, 11) is 1.87. The third-order valence-electron chi connectivity index (χ3n) is 2.73. The van der Waals surface area contributed by atoms with Gasteiger partial charge in [-0.25, -0.2) is 0 Å². The zero-order chi connectivity index (χ0) is 12.8. The standard InChI is InChI=1S/C13H28N2O/c1-11(9-14)10-15(5)12(16)7-6-8-13(2,3)4/h11H,6-10,14H2,1-5H3. The van der Waals surface area contributed by atoms with Gasteiger partial charge >= 0.3 is 0 Å². The lowest BCUT2D eigenvalue weighted by molar-refractivity contribution is -0.130. The molecule has 0 aliphatic carbocycles. The molecule has 0 aromatic carbocycles. The molecule has 16 heavy (non-hydrogen) atoms. The van der Waals surface area contributed by atoms with Crippen molar-refractivity contribution in [2.45, 2.75) is 47.0 Å². The predicted octanol–water partition coefficient (Wildman–Crippen LogP) is 2.26. The minimum absolute atomic E-state index is 0.240. The Kier molecular flexibility index (Phi) is 6.65. The molecule has 3 heteroatoms. The summed E-state index contributed by atoms with van der Waals surface area (Å²) < 4.78 is 0. The molecule has 96 valence electrons. The van der Waals surface area contributed by atoms with Crippen LogP contribution in [0.25, 0.3) is 0 Å². The van der Waals surface area contributed by atoms with Crippen LogP contribution in [0.15, 0.2) is 0 Å². The summed E-state index contributed by atoms with van der Waals surface area (Å²) in [5, 5.41) is 0. The van der Waals surface area contributed by atoms with Gasteiger partial charge in [-0.3, -0.25) is 4.79 Å². The molecule has 0 saturated heterocycles. The summed E-state index contributed by atoms with van der Waals surface area (Å²) in [5.74, 6) is 0.626. The molecule has 0 aromatic heterocycles. The van der Waals surface area contributed by atoms with E-state index in [0.717, 1.165) is 19.4 Å². The summed E-state index contributed by atoms with van der Waals surface area (Å²) in [6.07, 6.45) is 2.73. The molecule has 0 fully saturated rings. The lowest BCUT2D eigenvalue weighted by Gasteiger charge is -2.22. The Morgan fingerprint density at radius 1 is 1.38 bits per heavy atom. The van der Waals surface area contributed by atoms with Crippen molar-refractivity contribution < 1.29 is 4.79 Å². The van der Waals surface area contributed by atoms with Crippen LogP contribution in [0.3, 0.4) is 0 Å². The highest BCUT2D eigenvalue weighted by Crippen LogP contribution is 2.21. The van der Waals surface area contributed by atoms with Crippen molar-refractivity contribution in [1.29, 1.82) is 0 Å². The highest BCUT2D eigenvalue weighted by Gasteiger charge is 2.14. The predicted molar refractivity (Wildman–Crippen MR) is 69.2 cm³/mol. The van der Waals surface area contributed by atoms with Crippen molar-refractivity contribution in [2.24, 2.45) is 17.1 Å². The van der Waals surface area contributed by atoms with Crippen LogP contribution in [-0.2, 0) is 4.79 Å². The van der Waals surface area contributed by atoms with E-state index in [9.17, 15) is 4.79 Å². The zero-order valence-electron chi connectivity index (χ0n) is 11.5. The topological polar surface area (TPSA) is 46.3 Å². The van der Waals surface area contributed by atoms with Crippen LogP contribution in [0, 0.1) is 11.3 Å². The second kappa shape index (κ2) is 6.89. The van der Waals surface area contributed by atoms with Gasteiger partial charge in [0.15, 0.2) is 0 Å². The van der Waals surface area contributed by atoms with E-state index >= 15 is 0 Å². The molecule has 0 rings (SSSR count). The van der Waals surface area contributed by atoms with Crippen LogP contribution in [0.1, 0.15) is 47.0 Å². The summed E-state index contributed by atoms with van der Waals surface area (Å²) in [6.45, 7) is 10.1. The van der Waals surface area contributed by atoms with Gasteiger partial charge in [-0.1, -0.05) is 27.7 Å². The number of hydrogen-bond donors (Lipinski definition) is 1. The molecule has 1 atom stereocenters. The van der Waals surface area contributed by atoms with Crippen molar-refractivity contribution in [2.75, 3.05) is 20.1 Å². The third kappa shape index (κ3) is 7.69. The van der Waals surface area contributed by atoms with E-state index < -0.39 is 0 Å². The van der Waals surface area contributed by atoms with E-state index in [0.29, 0.717) is 24.3 Å². The summed E-state index contributed by atoms with van der Waals surface area (Å²) in [5.41, 5.74) is 5.86. The number of carbonyl (C=O) groups is 1. The molecule has 0 saturated carbocycles. The first-order valence-electron chi connectivity index (χ1n) is 6.20. The molecule has 1 amide bonds. The molecule has 0 radical (unpaired) electrons. The van der Waals surface area contributed by atoms with E-state index in [4.69, 9.17) is 5.73 Å². The van der Waals surface area contributed by atoms with Crippen LogP contribution in [0.4, 0.5) is 0 Å². The molecule has 0 aliphatic heterocycles. The number of nitrogens with two attached hydrogens (primary N) is 1. The van der Waals surface area contributed by atoms with Gasteiger partial charge in [-0.15, -0.1) is 0 Å². The fourth-order valence-electron chi connectivity index (χ4n) is 1.60. The summed E-state index contributed by atoms with van der Waals surface area (Å²) in [4.78, 5) is 13.6. The highest BCUT2D eigenvalue weighted by atomic mass is 16.2. The van der Waals surface area contributed by atoms with Gasteiger partial charge in [0.25, 0.3) is 0 Å². The first kappa shape index (κ1) is 15.4. The van der Waals surface area contributed by atoms with Crippen LogP contribution in [0.2, 0.25) is 0 Å². The zero-order valence-corrected chi connectivity index (χ0v) is 11.5. The van der Waals surface area contributed by atoms with Crippen molar-refractivity contribution in [3.05, 3.63) is 0 Å². The first-order chi connectivity index (χ1) is 7.26. The smallest absolute Gasteiger partial charge is 0.222 e. The van der Waals surface area contributed by atoms with Crippen LogP contribution in [0.5, 0.6) is 0 Å². The maximum atomic E-state index is 11.8. The number of hydrogen-bond acceptors (Lipinski definition) is 2. The maximum Gasteiger partial charge on any atom is 0.222 e. The van der Waals surface area contributed by atoms with Crippen LogP contribution < -0.4 is 5.73 Å². The largest absolute Gasteiger partial charge is 0.345 e. The lowest BCUT2D eigenvalue weighted by Crippen LogP contribution is -2.33. The van der Waals surface area contributed by atoms with Crippen molar-refractivity contribution in [3.8, 4) is 0 Å². The van der Waals surface area contributed by atoms with Gasteiger partial charge in [-0.05, 0) is 30.7 Å². The number of carbonyl (C=O) groups excluding carboxylic acids is 1. The average Bonchev–Trinajstić information content (AvgIpc) is 2.15. The molecule has 2 N–H and O–H groups in total. The highest BCUT2D eigenvalue weighted by molar-refractivity contribution is 5.75. The van der Waals surface area contributed by atoms with Crippen LogP contribution >= 0.6 is 0 Å². The molecule has 0 bridgehead atoms. The van der Waals surface area contributed by atoms with E-state index in [-0.39, 0.29) is 5.91 Å². The second-order valence-corrected chi connectivity index (χ2v) is 6.03. The lowest BCUT2D eigenvalue weighted by atomic mass is 9.90. The van der Waals surface area contributed by atoms with E-state index in [1.807, 2.05) is 7.05 Å². The number of nitrogens with zero attached hydrogens (tertiary/aromatic N) is 1. The quantitative estimate of drug-likeness (QED) is 0.758. The van der Waals surface area contributed by atoms with Crippen molar-refractivity contribution in [3.63, 3.8) is 0 Å². The molecule has 3 nitrogen and oxygen atoms in total. The van der Waals surface area contributed by atoms with E-state index in [1.54, 1.807) is 4.90 Å². The van der Waals surface area contributed by atoms with Gasteiger partial charge in [0.2, 0.25) is 5.91 Å². The van der Waals surface area contributed by atoms with E-state index in [2.05, 4.69) is 27.7 Å². The van der Waals surface area contributed by atoms with Gasteiger partial charge in [-0.2, -0.15) is 0 Å². The normalized spacial score (nSPS) is 13.6. The molecule has 0 aromatic rings. The van der Waals surface area contributed by atoms with Crippen LogP contribution in [-0.4, -0.2) is 30.9 Å². The first-order valence-corrected chi connectivity index (χ1v) is 6.20. The Morgan fingerprint density at radius 2 is 1.94 bits per heavy atom. The maximum absolute atomic E-state index is 11.8. The average molecular weight is 228 g/mol. The fourth-order valence-corrected chi connectivity index (χ4v) is 1.60. The van der Waals surface area contributed by atoms with Crippen molar-refractivity contribution in [1.82, 2.24) is 4.90 Å². The second-order valence-electron chi connectivity index (χ2n) is 6.03. The Hall–Kier alpha value is -0.570. The minimum Gasteiger partial charge on any atom is -0.345 e. The molecule has 1 unspecified atom stereocenters. The van der Waals surface area contributed by atoms with E-state index in [1.165, 1.54) is 0 Å². The molecular weight excluding hydrogens is 200 g/mol. The van der Waals surface area contributed by atoms with Crippen molar-refractivity contribution >= 4 is 5.91 Å². The Morgan fingerprint density at radius 3 is 2.38 bits per heavy atom. The minimum atomic E-state index is 0.240. The molecule has 0 aliphatic rings. The third-order valence-corrected chi connectivity index (χ3v) is 2.73. The van der Waals surface area contributed by atoms with Gasteiger partial charge in [0.1, 0.15) is 0 Å². The molecular formula is C13H28N2O. The monoisotopic (exact) mass is 228 g/mol. The summed E-state index contributed by atoms with van der Waals surface area (Å²) in [6, 6.07) is 0. The Balaban J connectivity index is 3.80.